The van der Waals surface area contributed by atoms with Gasteiger partial charge in [-0.25, -0.2) is 4.90 Å². The van der Waals surface area contributed by atoms with Gasteiger partial charge in [-0.15, -0.1) is 0 Å². The van der Waals surface area contributed by atoms with Gasteiger partial charge in [0.1, 0.15) is 11.4 Å². The van der Waals surface area contributed by atoms with Gasteiger partial charge in [0.15, 0.2) is 0 Å². The van der Waals surface area contributed by atoms with Crippen molar-refractivity contribution in [2.75, 3.05) is 16.8 Å². The zero-order valence-corrected chi connectivity index (χ0v) is 17.9. The lowest BCUT2D eigenvalue weighted by Crippen LogP contribution is -2.32. The summed E-state index contributed by atoms with van der Waals surface area (Å²) in [4.78, 5) is 28.0. The summed E-state index contributed by atoms with van der Waals surface area (Å²) in [5.41, 5.74) is 3.12. The minimum atomic E-state index is -0.417. The number of hydrogen-bond donors (Lipinski definition) is 1. The molecule has 0 spiro atoms. The summed E-state index contributed by atoms with van der Waals surface area (Å²) in [6.07, 6.45) is 0. The second-order valence-corrected chi connectivity index (χ2v) is 7.43. The van der Waals surface area contributed by atoms with Crippen molar-refractivity contribution in [3.05, 3.63) is 94.6 Å². The van der Waals surface area contributed by atoms with Gasteiger partial charge in [-0.2, -0.15) is 0 Å². The third-order valence-electron chi connectivity index (χ3n) is 5.08. The van der Waals surface area contributed by atoms with Crippen LogP contribution in [0.3, 0.4) is 0 Å². The topological polar surface area (TPSA) is 58.6 Å². The van der Waals surface area contributed by atoms with Gasteiger partial charge in [0.2, 0.25) is 0 Å². The fourth-order valence-corrected chi connectivity index (χ4v) is 3.66. The Labute approximate surface area is 185 Å². The van der Waals surface area contributed by atoms with Crippen LogP contribution in [0.25, 0.3) is 5.57 Å². The number of rotatable bonds is 6. The number of hydrogen-bond acceptors (Lipinski definition) is 4. The minimum absolute atomic E-state index is 0.211. The Bertz CT molecular complexity index is 1170. The summed E-state index contributed by atoms with van der Waals surface area (Å²) in [6.45, 7) is 4.31. The summed E-state index contributed by atoms with van der Waals surface area (Å²) in [6, 6.07) is 21.4. The van der Waals surface area contributed by atoms with Gasteiger partial charge in [-0.1, -0.05) is 48.0 Å². The molecule has 4 rings (SSSR count). The standard InChI is InChI=1S/C25H21ClN2O3/c1-3-31-19-14-12-17(13-15-19)22-23(27-21-11-7-10-20(26)16(21)2)25(30)28(24(22)29)18-8-5-4-6-9-18/h4-15,27H,3H2,1-2H3. The van der Waals surface area contributed by atoms with Crippen LogP contribution in [0.15, 0.2) is 78.5 Å². The number of amides is 2. The summed E-state index contributed by atoms with van der Waals surface area (Å²) in [5.74, 6) is -0.106. The Morgan fingerprint density at radius 3 is 2.29 bits per heavy atom. The number of para-hydroxylation sites is 1. The molecule has 3 aromatic rings. The lowest BCUT2D eigenvalue weighted by atomic mass is 10.0. The molecule has 2 amide bonds. The van der Waals surface area contributed by atoms with Crippen molar-refractivity contribution in [2.45, 2.75) is 13.8 Å². The minimum Gasteiger partial charge on any atom is -0.494 e. The first-order valence-electron chi connectivity index (χ1n) is 9.94. The van der Waals surface area contributed by atoms with E-state index >= 15 is 0 Å². The maximum Gasteiger partial charge on any atom is 0.282 e. The maximum atomic E-state index is 13.4. The molecule has 5 nitrogen and oxygen atoms in total. The average Bonchev–Trinajstić information content (AvgIpc) is 3.02. The number of ether oxygens (including phenoxy) is 1. The molecule has 1 N–H and O–H groups in total. The van der Waals surface area contributed by atoms with Gasteiger partial charge in [-0.05, 0) is 61.4 Å². The molecule has 0 saturated heterocycles. The molecular weight excluding hydrogens is 412 g/mol. The van der Waals surface area contributed by atoms with Crippen LogP contribution in [0.1, 0.15) is 18.1 Å². The molecule has 0 unspecified atom stereocenters. The predicted octanol–water partition coefficient (Wildman–Crippen LogP) is 5.44. The van der Waals surface area contributed by atoms with Crippen molar-refractivity contribution in [1.82, 2.24) is 0 Å². The number of carbonyl (C=O) groups is 2. The second-order valence-electron chi connectivity index (χ2n) is 7.03. The van der Waals surface area contributed by atoms with E-state index in [4.69, 9.17) is 16.3 Å². The van der Waals surface area contributed by atoms with Crippen molar-refractivity contribution >= 4 is 40.4 Å². The van der Waals surface area contributed by atoms with E-state index in [2.05, 4.69) is 5.32 Å². The molecule has 31 heavy (non-hydrogen) atoms. The fourth-order valence-electron chi connectivity index (χ4n) is 3.49. The van der Waals surface area contributed by atoms with Crippen molar-refractivity contribution in [3.63, 3.8) is 0 Å². The molecule has 1 aliphatic heterocycles. The molecular formula is C25H21ClN2O3. The molecule has 1 heterocycles. The van der Waals surface area contributed by atoms with Gasteiger partial charge in [0.25, 0.3) is 11.8 Å². The summed E-state index contributed by atoms with van der Waals surface area (Å²) in [7, 11) is 0. The monoisotopic (exact) mass is 432 g/mol. The van der Waals surface area contributed by atoms with E-state index in [1.807, 2.05) is 26.0 Å². The van der Waals surface area contributed by atoms with Gasteiger partial charge in [0, 0.05) is 10.7 Å². The first-order chi connectivity index (χ1) is 15.0. The Balaban J connectivity index is 1.82. The molecule has 6 heteroatoms. The number of carbonyl (C=O) groups excluding carboxylic acids is 2. The molecule has 0 bridgehead atoms. The van der Waals surface area contributed by atoms with Crippen LogP contribution in [0.2, 0.25) is 5.02 Å². The van der Waals surface area contributed by atoms with E-state index in [0.29, 0.717) is 39.9 Å². The predicted molar refractivity (Wildman–Crippen MR) is 123 cm³/mol. The van der Waals surface area contributed by atoms with E-state index in [0.717, 1.165) is 5.56 Å². The Kier molecular flexibility index (Phi) is 5.78. The molecule has 0 aromatic heterocycles. The van der Waals surface area contributed by atoms with E-state index in [-0.39, 0.29) is 11.6 Å². The number of benzene rings is 3. The van der Waals surface area contributed by atoms with Crippen LogP contribution >= 0.6 is 11.6 Å². The Morgan fingerprint density at radius 2 is 1.61 bits per heavy atom. The van der Waals surface area contributed by atoms with Crippen molar-refractivity contribution in [3.8, 4) is 5.75 Å². The maximum absolute atomic E-state index is 13.4. The molecule has 0 fully saturated rings. The van der Waals surface area contributed by atoms with E-state index in [9.17, 15) is 9.59 Å². The van der Waals surface area contributed by atoms with Crippen LogP contribution < -0.4 is 15.0 Å². The van der Waals surface area contributed by atoms with Crippen LogP contribution in [0.5, 0.6) is 5.75 Å². The highest BCUT2D eigenvalue weighted by Gasteiger charge is 2.40. The quantitative estimate of drug-likeness (QED) is 0.526. The molecule has 3 aromatic carbocycles. The highest BCUT2D eigenvalue weighted by Crippen LogP contribution is 2.35. The van der Waals surface area contributed by atoms with Crippen molar-refractivity contribution in [1.29, 1.82) is 0 Å². The third kappa shape index (κ3) is 3.92. The van der Waals surface area contributed by atoms with Crippen LogP contribution in [0, 0.1) is 6.92 Å². The van der Waals surface area contributed by atoms with E-state index in [1.54, 1.807) is 60.7 Å². The van der Waals surface area contributed by atoms with Gasteiger partial charge < -0.3 is 10.1 Å². The molecule has 0 saturated carbocycles. The zero-order valence-electron chi connectivity index (χ0n) is 17.2. The van der Waals surface area contributed by atoms with E-state index < -0.39 is 5.91 Å². The number of halogens is 1. The van der Waals surface area contributed by atoms with Crippen LogP contribution in [-0.2, 0) is 9.59 Å². The summed E-state index contributed by atoms with van der Waals surface area (Å²) < 4.78 is 5.50. The zero-order chi connectivity index (χ0) is 22.0. The Hall–Kier alpha value is -3.57. The number of nitrogens with zero attached hydrogens (tertiary/aromatic N) is 1. The fraction of sp³-hybridized carbons (Fsp3) is 0.120. The smallest absolute Gasteiger partial charge is 0.282 e. The van der Waals surface area contributed by atoms with Gasteiger partial charge in [-0.3, -0.25) is 9.59 Å². The largest absolute Gasteiger partial charge is 0.494 e. The lowest BCUT2D eigenvalue weighted by Gasteiger charge is -2.15. The number of imide groups is 1. The van der Waals surface area contributed by atoms with Crippen LogP contribution in [-0.4, -0.2) is 18.4 Å². The number of nitrogens with one attached hydrogen (secondary N) is 1. The first-order valence-corrected chi connectivity index (χ1v) is 10.3. The van der Waals surface area contributed by atoms with Crippen LogP contribution in [0.4, 0.5) is 11.4 Å². The molecule has 0 radical (unpaired) electrons. The summed E-state index contributed by atoms with van der Waals surface area (Å²) >= 11 is 6.26. The number of anilines is 2. The van der Waals surface area contributed by atoms with Crippen molar-refractivity contribution < 1.29 is 14.3 Å². The van der Waals surface area contributed by atoms with Crippen molar-refractivity contribution in [2.24, 2.45) is 0 Å². The molecule has 156 valence electrons. The lowest BCUT2D eigenvalue weighted by molar-refractivity contribution is -0.120. The van der Waals surface area contributed by atoms with E-state index in [1.165, 1.54) is 4.90 Å². The normalized spacial score (nSPS) is 13.7. The first kappa shape index (κ1) is 20.7. The highest BCUT2D eigenvalue weighted by atomic mass is 35.5. The molecule has 0 aliphatic carbocycles. The van der Waals surface area contributed by atoms with Gasteiger partial charge >= 0.3 is 0 Å². The highest BCUT2D eigenvalue weighted by molar-refractivity contribution is 6.46. The average molecular weight is 433 g/mol. The molecule has 1 aliphatic rings. The van der Waals surface area contributed by atoms with Gasteiger partial charge in [0.05, 0.1) is 17.9 Å². The third-order valence-corrected chi connectivity index (χ3v) is 5.49. The molecule has 0 atom stereocenters. The SMILES string of the molecule is CCOc1ccc(C2=C(Nc3cccc(Cl)c3C)C(=O)N(c3ccccc3)C2=O)cc1. The second kappa shape index (κ2) is 8.66. The Morgan fingerprint density at radius 1 is 0.903 bits per heavy atom. The summed E-state index contributed by atoms with van der Waals surface area (Å²) in [5, 5.41) is 3.74.